The summed E-state index contributed by atoms with van der Waals surface area (Å²) in [4.78, 5) is 34.3. The first-order valence-corrected chi connectivity index (χ1v) is 36.7. The summed E-state index contributed by atoms with van der Waals surface area (Å²) in [5, 5.41) is 5.48. The zero-order valence-electron chi connectivity index (χ0n) is 61.1. The Balaban J connectivity index is 0.000000150. The molecule has 0 aliphatic carbocycles. The van der Waals surface area contributed by atoms with E-state index < -0.39 is 17.2 Å². The Morgan fingerprint density at radius 3 is 0.755 bits per heavy atom. The lowest BCUT2D eigenvalue weighted by Gasteiger charge is -2.35. The second kappa shape index (κ2) is 32.3. The van der Waals surface area contributed by atoms with Crippen LogP contribution in [0.25, 0.3) is 11.3 Å². The zero-order chi connectivity index (χ0) is 75.4. The molecule has 0 saturated heterocycles. The highest BCUT2D eigenvalue weighted by molar-refractivity contribution is 6.10. The summed E-state index contributed by atoms with van der Waals surface area (Å²) >= 11 is 0. The minimum atomic E-state index is -0.707. The number of carbonyl (C=O) groups is 2. The fourth-order valence-corrected chi connectivity index (χ4v) is 14.2. The van der Waals surface area contributed by atoms with Gasteiger partial charge in [0.2, 0.25) is 0 Å². The average molecular weight is 1430 g/mol. The van der Waals surface area contributed by atoms with Crippen molar-refractivity contribution in [3.8, 4) is 11.3 Å². The standard InChI is InChI=1S/C50H42N4.C37H28N2O.C13H8F2O/c1-49(2,3)48-36-47-45-26-16-17-27-46(45)50(54(47)51-48,37-28-32-43(33-29-37)52(39-18-8-4-9-19-39)40-20-10-5-11-21-40)38-30-34-44(35-31-38)53(41-22-12-6-13-23-41)42-24-14-7-15-25-42;40-37(29-21-25-35(26-22-29)38(31-13-5-1-6-14-31)32-15-7-2-8-16-32)30-23-27-36(28-24-30)39(33-17-9-3-10-18-33)34-19-11-4-12-20-34;14-11-5-1-9(2-6-11)13(16)10-3-7-12(15)8-4-10/h4-36H,1-3H3;1-28H;1-8H. The number of hydrogen-bond acceptors (Lipinski definition) is 7. The molecule has 0 amide bonds. The van der Waals surface area contributed by atoms with Crippen LogP contribution in [-0.2, 0) is 11.0 Å². The number of anilines is 12. The van der Waals surface area contributed by atoms with Gasteiger partial charge in [0.15, 0.2) is 11.6 Å². The minimum Gasteiger partial charge on any atom is -0.311 e. The van der Waals surface area contributed by atoms with Gasteiger partial charge in [0.25, 0.3) is 0 Å². The van der Waals surface area contributed by atoms with Gasteiger partial charge in [-0.25, -0.2) is 13.5 Å². The highest BCUT2D eigenvalue weighted by Gasteiger charge is 2.48. The number of para-hydroxylation sites is 8. The van der Waals surface area contributed by atoms with Crippen LogP contribution in [0.15, 0.2) is 419 Å². The quantitative estimate of drug-likeness (QED) is 0.0793. The van der Waals surface area contributed by atoms with Crippen molar-refractivity contribution in [2.75, 3.05) is 19.6 Å². The van der Waals surface area contributed by atoms with Crippen LogP contribution >= 0.6 is 0 Å². The molecule has 110 heavy (non-hydrogen) atoms. The minimum absolute atomic E-state index is 0.00459. The number of hydrogen-bond donors (Lipinski definition) is 0. The largest absolute Gasteiger partial charge is 0.311 e. The van der Waals surface area contributed by atoms with Crippen LogP contribution in [0.1, 0.15) is 75.0 Å². The summed E-state index contributed by atoms with van der Waals surface area (Å²) in [7, 11) is 0. The number of aromatic nitrogens is 2. The van der Waals surface area contributed by atoms with Gasteiger partial charge in [-0.05, 0) is 241 Å². The van der Waals surface area contributed by atoms with E-state index >= 15 is 0 Å². The third kappa shape index (κ3) is 15.2. The van der Waals surface area contributed by atoms with Crippen LogP contribution < -0.4 is 19.6 Å². The Labute approximate surface area is 641 Å². The third-order valence-corrected chi connectivity index (χ3v) is 19.6. The van der Waals surface area contributed by atoms with Gasteiger partial charge in [-0.15, -0.1) is 0 Å². The molecule has 17 rings (SSSR count). The second-order valence-electron chi connectivity index (χ2n) is 27.7. The molecular weight excluding hydrogens is 1360 g/mol. The molecule has 534 valence electrons. The molecule has 1 aliphatic heterocycles. The van der Waals surface area contributed by atoms with Crippen molar-refractivity contribution in [2.45, 2.75) is 31.7 Å². The Bertz CT molecular complexity index is 5240. The van der Waals surface area contributed by atoms with E-state index in [1.165, 1.54) is 59.7 Å². The van der Waals surface area contributed by atoms with Gasteiger partial charge in [0.05, 0.1) is 11.4 Å². The van der Waals surface area contributed by atoms with Crippen molar-refractivity contribution in [3.05, 3.63) is 475 Å². The monoisotopic (exact) mass is 1430 g/mol. The normalized spacial score (nSPS) is 11.6. The van der Waals surface area contributed by atoms with E-state index in [9.17, 15) is 18.4 Å². The molecule has 1 aliphatic rings. The van der Waals surface area contributed by atoms with Crippen LogP contribution in [0.4, 0.5) is 77.0 Å². The maximum absolute atomic E-state index is 13.5. The summed E-state index contributed by atoms with van der Waals surface area (Å²) < 4.78 is 27.6. The molecular formula is C100H78F2N6O2. The van der Waals surface area contributed by atoms with E-state index in [1.54, 1.807) is 0 Å². The molecule has 0 atom stereocenters. The van der Waals surface area contributed by atoms with E-state index in [1.807, 2.05) is 121 Å². The highest BCUT2D eigenvalue weighted by atomic mass is 19.1. The van der Waals surface area contributed by atoms with Gasteiger partial charge in [-0.1, -0.05) is 215 Å². The first-order valence-electron chi connectivity index (χ1n) is 36.7. The molecule has 15 aromatic carbocycles. The van der Waals surface area contributed by atoms with Crippen molar-refractivity contribution in [3.63, 3.8) is 0 Å². The van der Waals surface area contributed by atoms with E-state index in [0.717, 1.165) is 90.8 Å². The Kier molecular flexibility index (Phi) is 21.0. The summed E-state index contributed by atoms with van der Waals surface area (Å²) in [6.07, 6.45) is 0. The van der Waals surface area contributed by atoms with E-state index in [2.05, 4.69) is 294 Å². The lowest BCUT2D eigenvalue weighted by atomic mass is 9.77. The summed E-state index contributed by atoms with van der Waals surface area (Å²) in [6, 6.07) is 139. The smallest absolute Gasteiger partial charge is 0.193 e. The van der Waals surface area contributed by atoms with Crippen molar-refractivity contribution in [1.29, 1.82) is 0 Å². The lowest BCUT2D eigenvalue weighted by molar-refractivity contribution is 0.103. The number of nitrogens with zero attached hydrogens (tertiary/aromatic N) is 6. The number of ketones is 2. The van der Waals surface area contributed by atoms with Gasteiger partial charge in [0, 0.05) is 101 Å². The maximum Gasteiger partial charge on any atom is 0.193 e. The van der Waals surface area contributed by atoms with Crippen molar-refractivity contribution < 1.29 is 18.4 Å². The maximum atomic E-state index is 13.5. The number of halogens is 2. The van der Waals surface area contributed by atoms with Gasteiger partial charge in [0.1, 0.15) is 17.2 Å². The van der Waals surface area contributed by atoms with Crippen LogP contribution in [0.2, 0.25) is 0 Å². The third-order valence-electron chi connectivity index (χ3n) is 19.6. The average Bonchev–Trinajstić information content (AvgIpc) is 1.53. The number of rotatable bonds is 18. The van der Waals surface area contributed by atoms with Crippen LogP contribution in [0.3, 0.4) is 0 Å². The molecule has 8 nitrogen and oxygen atoms in total. The molecule has 0 N–H and O–H groups in total. The van der Waals surface area contributed by atoms with E-state index in [0.29, 0.717) is 22.3 Å². The second-order valence-corrected chi connectivity index (χ2v) is 27.7. The van der Waals surface area contributed by atoms with E-state index in [-0.39, 0.29) is 17.0 Å². The molecule has 2 heterocycles. The topological polar surface area (TPSA) is 64.9 Å². The molecule has 16 aromatic rings. The summed E-state index contributed by atoms with van der Waals surface area (Å²) in [5.41, 5.74) is 21.0. The molecule has 10 heteroatoms. The molecule has 0 fully saturated rings. The SMILES string of the molecule is CC(C)(C)c1cc2n(n1)C(c1ccc(N(c3ccccc3)c3ccccc3)cc1)(c1ccc(N(c3ccccc3)c3ccccc3)cc1)c1ccccc1-2.O=C(c1ccc(F)cc1)c1ccc(F)cc1.O=C(c1ccc(N(c2ccccc2)c2ccccc2)cc1)c1ccc(N(c2ccccc2)c2ccccc2)cc1. The van der Waals surface area contributed by atoms with Crippen LogP contribution in [-0.4, -0.2) is 21.3 Å². The van der Waals surface area contributed by atoms with Crippen molar-refractivity contribution in [1.82, 2.24) is 9.78 Å². The molecule has 0 unspecified atom stereocenters. The predicted octanol–water partition coefficient (Wildman–Crippen LogP) is 26.0. The van der Waals surface area contributed by atoms with Gasteiger partial charge in [-0.3, -0.25) is 9.59 Å². The lowest BCUT2D eigenvalue weighted by Crippen LogP contribution is -2.36. The first kappa shape index (κ1) is 71.5. The molecule has 0 bridgehead atoms. The Hall–Kier alpha value is -14.1. The Morgan fingerprint density at radius 2 is 0.500 bits per heavy atom. The zero-order valence-corrected chi connectivity index (χ0v) is 61.1. The number of carbonyl (C=O) groups excluding carboxylic acids is 2. The van der Waals surface area contributed by atoms with Gasteiger partial charge in [-0.2, -0.15) is 5.10 Å². The van der Waals surface area contributed by atoms with Crippen molar-refractivity contribution >= 4 is 79.8 Å². The molecule has 0 saturated carbocycles. The number of benzene rings is 15. The van der Waals surface area contributed by atoms with Crippen LogP contribution in [0.5, 0.6) is 0 Å². The van der Waals surface area contributed by atoms with Gasteiger partial charge < -0.3 is 19.6 Å². The van der Waals surface area contributed by atoms with Gasteiger partial charge >= 0.3 is 0 Å². The molecule has 1 aromatic heterocycles. The number of fused-ring (bicyclic) bond motifs is 3. The Morgan fingerprint density at radius 1 is 0.282 bits per heavy atom. The first-order chi connectivity index (χ1) is 53.9. The predicted molar refractivity (Wildman–Crippen MR) is 446 cm³/mol. The fourth-order valence-electron chi connectivity index (χ4n) is 14.2. The summed E-state index contributed by atoms with van der Waals surface area (Å²) in [5.74, 6) is -1.04. The highest BCUT2D eigenvalue weighted by Crippen LogP contribution is 2.53. The molecule has 0 spiro atoms. The molecule has 0 radical (unpaired) electrons. The van der Waals surface area contributed by atoms with Crippen LogP contribution in [0, 0.1) is 11.6 Å². The summed E-state index contributed by atoms with van der Waals surface area (Å²) in [6.45, 7) is 6.73. The van der Waals surface area contributed by atoms with E-state index in [4.69, 9.17) is 5.10 Å². The fraction of sp³-hybridized carbons (Fsp3) is 0.0500. The van der Waals surface area contributed by atoms with Crippen molar-refractivity contribution in [2.24, 2.45) is 0 Å².